The third-order valence-electron chi connectivity index (χ3n) is 7.53. The summed E-state index contributed by atoms with van der Waals surface area (Å²) in [4.78, 5) is 2.72. The van der Waals surface area contributed by atoms with Crippen molar-refractivity contribution in [3.8, 4) is 11.5 Å². The molecule has 0 unspecified atom stereocenters. The third-order valence-corrected chi connectivity index (χ3v) is 9.54. The number of benzene rings is 2. The summed E-state index contributed by atoms with van der Waals surface area (Å²) in [5, 5.41) is 13.5. The predicted octanol–water partition coefficient (Wildman–Crippen LogP) is 3.03. The lowest BCUT2D eigenvalue weighted by molar-refractivity contribution is 0.0980. The van der Waals surface area contributed by atoms with Gasteiger partial charge in [-0.05, 0) is 71.5 Å². The molecule has 0 fully saturated rings. The second kappa shape index (κ2) is 9.08. The van der Waals surface area contributed by atoms with Crippen LogP contribution in [0.4, 0.5) is 0 Å². The smallest absolute Gasteiger partial charge is 0.257 e. The van der Waals surface area contributed by atoms with E-state index in [1.807, 2.05) is 19.1 Å². The zero-order valence-electron chi connectivity index (χ0n) is 19.9. The molecule has 0 saturated carbocycles. The van der Waals surface area contributed by atoms with Gasteiger partial charge in [0.05, 0.1) is 18.6 Å². The fourth-order valence-corrected chi connectivity index (χ4v) is 7.15. The van der Waals surface area contributed by atoms with Crippen LogP contribution in [0.5, 0.6) is 11.5 Å². The second-order valence-electron chi connectivity index (χ2n) is 9.64. The average molecular weight is 565 g/mol. The van der Waals surface area contributed by atoms with E-state index >= 15 is 0 Å². The van der Waals surface area contributed by atoms with Crippen LogP contribution in [0, 0.1) is 12.8 Å². The largest absolute Gasteiger partial charge is 0.495 e. The van der Waals surface area contributed by atoms with Crippen molar-refractivity contribution in [1.82, 2.24) is 15.6 Å². The van der Waals surface area contributed by atoms with Gasteiger partial charge in [-0.15, -0.1) is 4.83 Å². The van der Waals surface area contributed by atoms with Crippen LogP contribution in [0.15, 0.2) is 51.5 Å². The third kappa shape index (κ3) is 4.05. The molecule has 4 atom stereocenters. The Labute approximate surface area is 214 Å². The number of halogens is 1. The lowest BCUT2D eigenvalue weighted by Crippen LogP contribution is -2.51. The number of allylic oxidation sites excluding steroid dienone is 1. The van der Waals surface area contributed by atoms with E-state index in [0.717, 1.165) is 32.6 Å². The van der Waals surface area contributed by atoms with Gasteiger partial charge in [0.2, 0.25) is 0 Å². The minimum absolute atomic E-state index is 0.0218. The van der Waals surface area contributed by atoms with Crippen molar-refractivity contribution in [1.29, 1.82) is 0 Å². The highest BCUT2D eigenvalue weighted by Gasteiger charge is 2.57. The lowest BCUT2D eigenvalue weighted by atomic mass is 9.61. The first-order chi connectivity index (χ1) is 16.7. The molecule has 0 aromatic heterocycles. The zero-order valence-corrected chi connectivity index (χ0v) is 22.3. The van der Waals surface area contributed by atoms with E-state index in [4.69, 9.17) is 9.47 Å². The number of hydrazine groups is 1. The molecule has 1 aliphatic carbocycles. The van der Waals surface area contributed by atoms with E-state index in [0.29, 0.717) is 25.1 Å². The number of methoxy groups -OCH3 is 1. The Hall–Kier alpha value is -2.11. The molecular formula is C25H30BrN3O5S. The Morgan fingerprint density at radius 1 is 1.31 bits per heavy atom. The Morgan fingerprint density at radius 2 is 2.06 bits per heavy atom. The van der Waals surface area contributed by atoms with Crippen molar-refractivity contribution in [2.24, 2.45) is 5.92 Å². The molecule has 2 aromatic rings. The monoisotopic (exact) mass is 563 g/mol. The van der Waals surface area contributed by atoms with Crippen molar-refractivity contribution in [3.05, 3.63) is 63.3 Å². The van der Waals surface area contributed by atoms with Gasteiger partial charge in [-0.1, -0.05) is 24.6 Å². The molecule has 0 saturated heterocycles. The highest BCUT2D eigenvalue weighted by Crippen LogP contribution is 2.59. The fourth-order valence-electron chi connectivity index (χ4n) is 5.70. The summed E-state index contributed by atoms with van der Waals surface area (Å²) in [5.41, 5.74) is 6.55. The first-order valence-electron chi connectivity index (χ1n) is 11.7. The molecule has 0 radical (unpaired) electrons. The van der Waals surface area contributed by atoms with E-state index < -0.39 is 10.0 Å². The zero-order chi connectivity index (χ0) is 25.0. The van der Waals surface area contributed by atoms with E-state index in [-0.39, 0.29) is 35.0 Å². The molecule has 3 aliphatic rings. The molecule has 1 spiro atoms. The molecule has 0 amide bonds. The standard InChI is InChI=1S/C25H30BrN3O5S/c1-14-4-6-19(7-5-14)35(31,32)29-28-17-8-15(2)25-11-18(13-30)27-12-16-9-20(33-3)23(26)24(22(16)25)34-21(25)10-17/h4-7,9-10,15,18,21,27-30H,8,11-13H2,1-3H3/t15-,18+,21-,25+/m1/s1. The van der Waals surface area contributed by atoms with Crippen molar-refractivity contribution in [2.75, 3.05) is 13.7 Å². The average Bonchev–Trinajstić information content (AvgIpc) is 3.08. The van der Waals surface area contributed by atoms with Gasteiger partial charge < -0.3 is 25.3 Å². The quantitative estimate of drug-likeness (QED) is 0.400. The molecule has 4 N–H and O–H groups in total. The molecule has 2 aliphatic heterocycles. The number of hydrogen-bond acceptors (Lipinski definition) is 7. The summed E-state index contributed by atoms with van der Waals surface area (Å²) < 4.78 is 38.5. The number of sulfonamides is 1. The molecule has 10 heteroatoms. The molecule has 0 bridgehead atoms. The van der Waals surface area contributed by atoms with Crippen LogP contribution in [0.3, 0.4) is 0 Å². The molecule has 2 aromatic carbocycles. The number of hydrogen-bond donors (Lipinski definition) is 4. The van der Waals surface area contributed by atoms with Crippen LogP contribution < -0.4 is 25.0 Å². The van der Waals surface area contributed by atoms with Crippen LogP contribution in [0.2, 0.25) is 0 Å². The Kier molecular flexibility index (Phi) is 6.38. The maximum Gasteiger partial charge on any atom is 0.257 e. The highest BCUT2D eigenvalue weighted by atomic mass is 79.9. The molecule has 35 heavy (non-hydrogen) atoms. The van der Waals surface area contributed by atoms with Crippen LogP contribution in [-0.2, 0) is 22.0 Å². The second-order valence-corrected chi connectivity index (χ2v) is 12.1. The Morgan fingerprint density at radius 3 is 2.74 bits per heavy atom. The van der Waals surface area contributed by atoms with Gasteiger partial charge >= 0.3 is 0 Å². The Balaban J connectivity index is 1.49. The summed E-state index contributed by atoms with van der Waals surface area (Å²) in [6, 6.07) is 8.65. The van der Waals surface area contributed by atoms with Gasteiger partial charge in [0.1, 0.15) is 22.1 Å². The number of aryl methyl sites for hydroxylation is 1. The van der Waals surface area contributed by atoms with Crippen molar-refractivity contribution in [2.45, 2.75) is 55.7 Å². The molecule has 2 heterocycles. The summed E-state index contributed by atoms with van der Waals surface area (Å²) in [5.74, 6) is 1.56. The first-order valence-corrected chi connectivity index (χ1v) is 13.9. The van der Waals surface area contributed by atoms with Gasteiger partial charge in [-0.2, -0.15) is 0 Å². The fraction of sp³-hybridized carbons (Fsp3) is 0.440. The number of ether oxygens (including phenoxy) is 2. The van der Waals surface area contributed by atoms with Crippen molar-refractivity contribution >= 4 is 26.0 Å². The van der Waals surface area contributed by atoms with Gasteiger partial charge in [0.15, 0.2) is 0 Å². The van der Waals surface area contributed by atoms with E-state index in [9.17, 15) is 13.5 Å². The predicted molar refractivity (Wildman–Crippen MR) is 136 cm³/mol. The summed E-state index contributed by atoms with van der Waals surface area (Å²) in [7, 11) is -2.10. The van der Waals surface area contributed by atoms with Crippen LogP contribution in [0.25, 0.3) is 0 Å². The minimum Gasteiger partial charge on any atom is -0.495 e. The van der Waals surface area contributed by atoms with Crippen molar-refractivity contribution in [3.63, 3.8) is 0 Å². The first kappa shape index (κ1) is 24.6. The number of rotatable bonds is 6. The lowest BCUT2D eigenvalue weighted by Gasteiger charge is -2.43. The molecule has 8 nitrogen and oxygen atoms in total. The number of aliphatic hydroxyl groups is 1. The number of aliphatic hydroxyl groups excluding tert-OH is 1. The SMILES string of the molecule is COc1cc2c3c(c1Br)O[C@@H]1C=C(NNS(=O)(=O)c4ccc(C)cc4)C[C@@H](C)[C@]31C[C@@H](CO)NC2. The van der Waals surface area contributed by atoms with Crippen molar-refractivity contribution < 1.29 is 23.0 Å². The van der Waals surface area contributed by atoms with Gasteiger partial charge in [0, 0.05) is 29.3 Å². The maximum atomic E-state index is 12.8. The van der Waals surface area contributed by atoms with E-state index in [2.05, 4.69) is 38.4 Å². The van der Waals surface area contributed by atoms with Gasteiger partial charge in [-0.25, -0.2) is 8.42 Å². The van der Waals surface area contributed by atoms with Gasteiger partial charge in [0.25, 0.3) is 10.0 Å². The summed E-state index contributed by atoms with van der Waals surface area (Å²) in [6.07, 6.45) is 2.97. The topological polar surface area (TPSA) is 109 Å². The van der Waals surface area contributed by atoms with E-state index in [1.54, 1.807) is 31.4 Å². The maximum absolute atomic E-state index is 12.8. The Bertz CT molecular complexity index is 1280. The van der Waals surface area contributed by atoms with E-state index in [1.165, 1.54) is 0 Å². The summed E-state index contributed by atoms with van der Waals surface area (Å²) in [6.45, 7) is 4.70. The van der Waals surface area contributed by atoms with Crippen LogP contribution >= 0.6 is 15.9 Å². The highest BCUT2D eigenvalue weighted by molar-refractivity contribution is 9.10. The molecular weight excluding hydrogens is 534 g/mol. The van der Waals surface area contributed by atoms with Crippen LogP contribution in [-0.4, -0.2) is 39.4 Å². The molecule has 5 rings (SSSR count). The minimum atomic E-state index is -3.73. The molecule has 188 valence electrons. The van der Waals surface area contributed by atoms with Crippen LogP contribution in [0.1, 0.15) is 36.5 Å². The summed E-state index contributed by atoms with van der Waals surface area (Å²) >= 11 is 3.67. The van der Waals surface area contributed by atoms with Gasteiger partial charge in [-0.3, -0.25) is 0 Å². The normalized spacial score (nSPS) is 27.2. The number of nitrogens with one attached hydrogen (secondary N) is 3.